The van der Waals surface area contributed by atoms with Crippen LogP contribution in [0.1, 0.15) is 27.2 Å². The summed E-state index contributed by atoms with van der Waals surface area (Å²) >= 11 is 0. The molecule has 0 saturated carbocycles. The maximum Gasteiger partial charge on any atom is 0.266 e. The van der Waals surface area contributed by atoms with Gasteiger partial charge in [0, 0.05) is 19.5 Å². The molecule has 0 spiro atoms. The molecule has 1 amide bonds. The Morgan fingerprint density at radius 2 is 2.00 bits per heavy atom. The highest BCUT2D eigenvalue weighted by Crippen LogP contribution is 2.04. The van der Waals surface area contributed by atoms with E-state index in [0.29, 0.717) is 0 Å². The van der Waals surface area contributed by atoms with E-state index in [9.17, 15) is 13.2 Å². The normalized spacial score (nSPS) is 13.7. The van der Waals surface area contributed by atoms with Crippen LogP contribution < -0.4 is 0 Å². The maximum absolute atomic E-state index is 11.1. The monoisotopic (exact) mass is 223 g/mol. The number of carbonyl (C=O) groups is 1. The molecule has 1 atom stereocenters. The van der Waals surface area contributed by atoms with E-state index in [1.165, 1.54) is 11.8 Å². The molecule has 0 rings (SSSR count). The zero-order valence-electron chi connectivity index (χ0n) is 8.73. The second-order valence-electron chi connectivity index (χ2n) is 3.26. The van der Waals surface area contributed by atoms with Crippen LogP contribution in [0.4, 0.5) is 0 Å². The molecule has 0 fully saturated rings. The van der Waals surface area contributed by atoms with Crippen LogP contribution in [0.25, 0.3) is 0 Å². The molecule has 0 aromatic heterocycles. The van der Waals surface area contributed by atoms with Crippen LogP contribution in [0, 0.1) is 0 Å². The van der Waals surface area contributed by atoms with Crippen molar-refractivity contribution >= 4 is 16.0 Å². The van der Waals surface area contributed by atoms with Crippen LogP contribution in [0.15, 0.2) is 0 Å². The lowest BCUT2D eigenvalue weighted by molar-refractivity contribution is -0.130. The first-order chi connectivity index (χ1) is 6.28. The van der Waals surface area contributed by atoms with Crippen molar-refractivity contribution in [3.63, 3.8) is 0 Å². The molecule has 5 nitrogen and oxygen atoms in total. The van der Waals surface area contributed by atoms with Crippen molar-refractivity contribution in [3.8, 4) is 0 Å². The molecule has 0 aliphatic carbocycles. The molecule has 84 valence electrons. The minimum atomic E-state index is -3.99. The highest BCUT2D eigenvalue weighted by atomic mass is 32.2. The van der Waals surface area contributed by atoms with Crippen LogP contribution in [0.3, 0.4) is 0 Å². The van der Waals surface area contributed by atoms with Crippen molar-refractivity contribution in [1.29, 1.82) is 0 Å². The van der Waals surface area contributed by atoms with Gasteiger partial charge >= 0.3 is 0 Å². The predicted molar refractivity (Wildman–Crippen MR) is 53.6 cm³/mol. The minimum absolute atomic E-state index is 0.00532. The highest BCUT2D eigenvalue weighted by Gasteiger charge is 2.17. The van der Waals surface area contributed by atoms with E-state index in [2.05, 4.69) is 0 Å². The third-order valence-electron chi connectivity index (χ3n) is 2.12. The Morgan fingerprint density at radius 3 is 2.29 bits per heavy atom. The van der Waals surface area contributed by atoms with Crippen molar-refractivity contribution in [2.75, 3.05) is 12.3 Å². The smallest absolute Gasteiger partial charge is 0.266 e. The van der Waals surface area contributed by atoms with Gasteiger partial charge in [0.05, 0.1) is 5.75 Å². The Morgan fingerprint density at radius 1 is 1.50 bits per heavy atom. The molecular weight excluding hydrogens is 206 g/mol. The molecule has 0 aromatic carbocycles. The SMILES string of the molecule is CCC(C)N(CCS(=O)(=O)O)C(C)=O. The van der Waals surface area contributed by atoms with Gasteiger partial charge in [-0.1, -0.05) is 6.92 Å². The van der Waals surface area contributed by atoms with E-state index in [-0.39, 0.29) is 18.5 Å². The van der Waals surface area contributed by atoms with Gasteiger partial charge in [-0.3, -0.25) is 9.35 Å². The van der Waals surface area contributed by atoms with Gasteiger partial charge in [0.15, 0.2) is 0 Å². The lowest BCUT2D eigenvalue weighted by atomic mass is 10.2. The molecular formula is C8H17NO4S. The average Bonchev–Trinajstić information content (AvgIpc) is 2.01. The van der Waals surface area contributed by atoms with E-state index in [1.54, 1.807) is 0 Å². The number of nitrogens with zero attached hydrogens (tertiary/aromatic N) is 1. The number of amides is 1. The van der Waals surface area contributed by atoms with Gasteiger partial charge in [-0.05, 0) is 13.3 Å². The summed E-state index contributed by atoms with van der Waals surface area (Å²) in [6.07, 6.45) is 0.755. The molecule has 0 aromatic rings. The summed E-state index contributed by atoms with van der Waals surface area (Å²) in [7, 11) is -3.99. The molecule has 0 aliphatic heterocycles. The maximum atomic E-state index is 11.1. The van der Waals surface area contributed by atoms with Gasteiger partial charge in [-0.25, -0.2) is 0 Å². The second-order valence-corrected chi connectivity index (χ2v) is 4.83. The number of carbonyl (C=O) groups excluding carboxylic acids is 1. The van der Waals surface area contributed by atoms with Crippen molar-refractivity contribution in [3.05, 3.63) is 0 Å². The number of hydrogen-bond donors (Lipinski definition) is 1. The minimum Gasteiger partial charge on any atom is -0.339 e. The Kier molecular flexibility index (Phi) is 5.07. The van der Waals surface area contributed by atoms with Crippen LogP contribution in [0.2, 0.25) is 0 Å². The molecule has 0 bridgehead atoms. The fourth-order valence-corrected chi connectivity index (χ4v) is 1.55. The number of rotatable bonds is 5. The molecule has 1 N–H and O–H groups in total. The molecule has 14 heavy (non-hydrogen) atoms. The second kappa shape index (κ2) is 5.31. The summed E-state index contributed by atoms with van der Waals surface area (Å²) in [6.45, 7) is 5.18. The molecule has 0 aliphatic rings. The van der Waals surface area contributed by atoms with Gasteiger partial charge in [-0.2, -0.15) is 8.42 Å². The summed E-state index contributed by atoms with van der Waals surface area (Å²) in [5.74, 6) is -0.584. The van der Waals surface area contributed by atoms with Gasteiger partial charge in [-0.15, -0.1) is 0 Å². The zero-order valence-corrected chi connectivity index (χ0v) is 9.54. The number of hydrogen-bond acceptors (Lipinski definition) is 3. The first-order valence-corrected chi connectivity index (χ1v) is 6.11. The zero-order chi connectivity index (χ0) is 11.4. The Balaban J connectivity index is 4.33. The fraction of sp³-hybridized carbons (Fsp3) is 0.875. The topological polar surface area (TPSA) is 74.7 Å². The van der Waals surface area contributed by atoms with Crippen molar-refractivity contribution in [2.24, 2.45) is 0 Å². The Labute approximate surface area is 84.8 Å². The lowest BCUT2D eigenvalue weighted by Gasteiger charge is -2.26. The first kappa shape index (κ1) is 13.4. The molecule has 0 saturated heterocycles. The van der Waals surface area contributed by atoms with E-state index in [4.69, 9.17) is 4.55 Å². The van der Waals surface area contributed by atoms with Crippen LogP contribution in [-0.4, -0.2) is 42.1 Å². The van der Waals surface area contributed by atoms with Crippen molar-refractivity contribution in [1.82, 2.24) is 4.90 Å². The first-order valence-electron chi connectivity index (χ1n) is 4.50. The summed E-state index contributed by atoms with van der Waals surface area (Å²) in [4.78, 5) is 12.5. The van der Waals surface area contributed by atoms with Gasteiger partial charge in [0.1, 0.15) is 0 Å². The van der Waals surface area contributed by atoms with Crippen molar-refractivity contribution in [2.45, 2.75) is 33.2 Å². The standard InChI is InChI=1S/C8H17NO4S/c1-4-7(2)9(8(3)10)5-6-14(11,12)13/h7H,4-6H2,1-3H3,(H,11,12,13). The summed E-state index contributed by atoms with van der Waals surface area (Å²) in [5.41, 5.74) is 0. The van der Waals surface area contributed by atoms with Crippen LogP contribution in [0.5, 0.6) is 0 Å². The lowest BCUT2D eigenvalue weighted by Crippen LogP contribution is -2.39. The third kappa shape index (κ3) is 5.18. The molecule has 6 heteroatoms. The van der Waals surface area contributed by atoms with Crippen LogP contribution in [-0.2, 0) is 14.9 Å². The predicted octanol–water partition coefficient (Wildman–Crippen LogP) is 0.521. The molecule has 1 unspecified atom stereocenters. The Hall–Kier alpha value is -0.620. The molecule has 0 heterocycles. The average molecular weight is 223 g/mol. The largest absolute Gasteiger partial charge is 0.339 e. The van der Waals surface area contributed by atoms with Gasteiger partial charge < -0.3 is 4.90 Å². The van der Waals surface area contributed by atoms with Crippen LogP contribution >= 0.6 is 0 Å². The van der Waals surface area contributed by atoms with Gasteiger partial charge in [0.2, 0.25) is 5.91 Å². The molecule has 0 radical (unpaired) electrons. The van der Waals surface area contributed by atoms with Crippen molar-refractivity contribution < 1.29 is 17.8 Å². The fourth-order valence-electron chi connectivity index (χ4n) is 1.12. The van der Waals surface area contributed by atoms with E-state index in [1.807, 2.05) is 13.8 Å². The quantitative estimate of drug-likeness (QED) is 0.689. The summed E-state index contributed by atoms with van der Waals surface area (Å²) in [6, 6.07) is -0.00532. The highest BCUT2D eigenvalue weighted by molar-refractivity contribution is 7.85. The van der Waals surface area contributed by atoms with E-state index < -0.39 is 15.9 Å². The Bertz CT molecular complexity index is 286. The summed E-state index contributed by atoms with van der Waals surface area (Å²) < 4.78 is 29.5. The van der Waals surface area contributed by atoms with E-state index >= 15 is 0 Å². The van der Waals surface area contributed by atoms with E-state index in [0.717, 1.165) is 6.42 Å². The third-order valence-corrected chi connectivity index (χ3v) is 2.82. The van der Waals surface area contributed by atoms with Gasteiger partial charge in [0.25, 0.3) is 10.1 Å². The summed E-state index contributed by atoms with van der Waals surface area (Å²) in [5, 5.41) is 0.